The topological polar surface area (TPSA) is 102 Å². The van der Waals surface area contributed by atoms with Gasteiger partial charge in [0.25, 0.3) is 0 Å². The summed E-state index contributed by atoms with van der Waals surface area (Å²) in [5.41, 5.74) is 9.46. The van der Waals surface area contributed by atoms with Gasteiger partial charge in [0, 0.05) is 30.6 Å². The summed E-state index contributed by atoms with van der Waals surface area (Å²) >= 11 is 0. The fourth-order valence-electron chi connectivity index (χ4n) is 7.13. The van der Waals surface area contributed by atoms with E-state index in [9.17, 15) is 23.5 Å². The van der Waals surface area contributed by atoms with Gasteiger partial charge in [-0.2, -0.15) is 0 Å². The number of halogens is 2. The molecule has 242 valence electrons. The quantitative estimate of drug-likeness (QED) is 0.198. The molecule has 0 bridgehead atoms. The van der Waals surface area contributed by atoms with E-state index >= 15 is 0 Å². The lowest BCUT2D eigenvalue weighted by atomic mass is 9.86. The van der Waals surface area contributed by atoms with Crippen molar-refractivity contribution in [2.45, 2.75) is 77.5 Å². The number of fused-ring (bicyclic) bond motifs is 1. The summed E-state index contributed by atoms with van der Waals surface area (Å²) in [6.45, 7) is 6.66. The summed E-state index contributed by atoms with van der Waals surface area (Å²) in [7, 11) is 1.66. The van der Waals surface area contributed by atoms with Crippen molar-refractivity contribution in [3.8, 4) is 5.75 Å². The number of nitrogens with zero attached hydrogens (tertiary/aromatic N) is 1. The molecule has 0 saturated carbocycles. The fourth-order valence-corrected chi connectivity index (χ4v) is 7.13. The SMILES string of the molecule is CCC[N+](CCC)(C(=O)c1cc(C)cc(C(N)=O)c1)[C@@H](Cc1cc(F)cc(F)c1)[C@H](O)CNC1CCCc2c(OC)cccc21. The Bertz CT molecular complexity index is 1490. The van der Waals surface area contributed by atoms with Crippen LogP contribution in [0.1, 0.15) is 88.5 Å². The van der Waals surface area contributed by atoms with Crippen LogP contribution in [0.15, 0.2) is 54.6 Å². The lowest BCUT2D eigenvalue weighted by Crippen LogP contribution is -2.66. The van der Waals surface area contributed by atoms with Crippen molar-refractivity contribution in [3.05, 3.63) is 99.6 Å². The zero-order chi connectivity index (χ0) is 32.7. The Hall–Kier alpha value is -3.66. The number of nitrogens with one attached hydrogen (secondary N) is 1. The lowest BCUT2D eigenvalue weighted by molar-refractivity contribution is -0.878. The van der Waals surface area contributed by atoms with Crippen molar-refractivity contribution in [3.63, 3.8) is 0 Å². The van der Waals surface area contributed by atoms with Crippen LogP contribution >= 0.6 is 0 Å². The second-order valence-corrected chi connectivity index (χ2v) is 12.2. The average molecular weight is 623 g/mol. The van der Waals surface area contributed by atoms with Crippen molar-refractivity contribution in [1.82, 2.24) is 5.32 Å². The normalized spacial score (nSPS) is 16.1. The van der Waals surface area contributed by atoms with Crippen LogP contribution in [0.5, 0.6) is 5.75 Å². The Balaban J connectivity index is 1.77. The minimum atomic E-state index is -1.06. The van der Waals surface area contributed by atoms with Crippen molar-refractivity contribution in [2.75, 3.05) is 26.7 Å². The van der Waals surface area contributed by atoms with Gasteiger partial charge in [0.1, 0.15) is 29.5 Å². The van der Waals surface area contributed by atoms with Crippen LogP contribution < -0.4 is 15.8 Å². The van der Waals surface area contributed by atoms with Crippen molar-refractivity contribution in [2.24, 2.45) is 5.73 Å². The molecule has 3 atom stereocenters. The highest BCUT2D eigenvalue weighted by Gasteiger charge is 2.47. The van der Waals surface area contributed by atoms with Crippen LogP contribution in [0.4, 0.5) is 8.78 Å². The Labute approximate surface area is 265 Å². The molecule has 4 N–H and O–H groups in total. The molecule has 4 rings (SSSR count). The first-order valence-electron chi connectivity index (χ1n) is 15.9. The van der Waals surface area contributed by atoms with E-state index in [1.807, 2.05) is 26.0 Å². The molecule has 9 heteroatoms. The van der Waals surface area contributed by atoms with E-state index in [-0.39, 0.29) is 35.0 Å². The van der Waals surface area contributed by atoms with Crippen molar-refractivity contribution in [1.29, 1.82) is 0 Å². The van der Waals surface area contributed by atoms with Crippen LogP contribution in [0, 0.1) is 18.6 Å². The number of rotatable bonds is 14. The Morgan fingerprint density at radius 2 is 1.71 bits per heavy atom. The first-order valence-corrected chi connectivity index (χ1v) is 15.9. The van der Waals surface area contributed by atoms with Crippen molar-refractivity contribution < 1.29 is 32.7 Å². The van der Waals surface area contributed by atoms with Crippen molar-refractivity contribution >= 4 is 11.8 Å². The van der Waals surface area contributed by atoms with Gasteiger partial charge in [-0.1, -0.05) is 26.0 Å². The van der Waals surface area contributed by atoms with Gasteiger partial charge in [-0.25, -0.2) is 13.6 Å². The van der Waals surface area contributed by atoms with Crippen LogP contribution in [-0.4, -0.2) is 60.3 Å². The standard InChI is InChI=1S/C36H45F2N3O4/c1-5-13-41(14-6-2,36(44)26-16-23(3)15-25(20-26)35(39)43)32(19-24-17-27(37)21-28(38)18-24)33(42)22-40-31-11-7-10-30-29(31)9-8-12-34(30)45-4/h8-9,12,15-18,20-21,31-33,40,42H,5-7,10-11,13-14,19,22H2,1-4H3,(H-,39,43)/p+1/t31?,32-,33+/m0/s1. The van der Waals surface area contributed by atoms with Crippen LogP contribution in [0.2, 0.25) is 0 Å². The zero-order valence-electron chi connectivity index (χ0n) is 26.7. The number of benzene rings is 3. The number of methoxy groups -OCH3 is 1. The lowest BCUT2D eigenvalue weighted by Gasteiger charge is -2.45. The second kappa shape index (κ2) is 15.1. The smallest absolute Gasteiger partial charge is 0.346 e. The maximum atomic E-state index is 14.7. The van der Waals surface area contributed by atoms with Gasteiger partial charge >= 0.3 is 5.91 Å². The number of ether oxygens (including phenoxy) is 1. The molecule has 0 aliphatic heterocycles. The maximum Gasteiger partial charge on any atom is 0.346 e. The molecule has 7 nitrogen and oxygen atoms in total. The number of carbonyl (C=O) groups excluding carboxylic acids is 2. The molecule has 0 saturated heterocycles. The van der Waals surface area contributed by atoms with E-state index < -0.39 is 29.7 Å². The Kier molecular flexibility index (Phi) is 11.5. The molecule has 0 radical (unpaired) electrons. The third-order valence-corrected chi connectivity index (χ3v) is 8.96. The maximum absolute atomic E-state index is 14.7. The van der Waals surface area contributed by atoms with Gasteiger partial charge in [0.15, 0.2) is 0 Å². The van der Waals surface area contributed by atoms with E-state index in [4.69, 9.17) is 10.5 Å². The highest BCUT2D eigenvalue weighted by atomic mass is 19.1. The number of nitrogens with two attached hydrogens (primary N) is 1. The molecule has 3 aromatic rings. The van der Waals surface area contributed by atoms with E-state index in [0.29, 0.717) is 42.6 Å². The molecular formula is C36H46F2N3O4+. The number of primary amides is 1. The first-order chi connectivity index (χ1) is 21.5. The van der Waals surface area contributed by atoms with Gasteiger partial charge < -0.3 is 20.9 Å². The molecular weight excluding hydrogens is 576 g/mol. The van der Waals surface area contributed by atoms with Gasteiger partial charge in [-0.3, -0.25) is 9.28 Å². The summed E-state index contributed by atoms with van der Waals surface area (Å²) in [5.74, 6) is -1.50. The number of hydrogen-bond donors (Lipinski definition) is 3. The number of aliphatic hydroxyl groups is 1. The Morgan fingerprint density at radius 1 is 1.04 bits per heavy atom. The van der Waals surface area contributed by atoms with E-state index in [0.717, 1.165) is 42.2 Å². The molecule has 1 aliphatic rings. The van der Waals surface area contributed by atoms with Gasteiger partial charge in [0.2, 0.25) is 5.91 Å². The molecule has 3 aromatic carbocycles. The first kappa shape index (κ1) is 34.2. The van der Waals surface area contributed by atoms with Gasteiger partial charge in [0.05, 0.1) is 25.8 Å². The number of aliphatic hydroxyl groups excluding tert-OH is 1. The third kappa shape index (κ3) is 7.77. The van der Waals surface area contributed by atoms with Gasteiger partial charge in [-0.15, -0.1) is 0 Å². The number of quaternary nitrogens is 1. The summed E-state index contributed by atoms with van der Waals surface area (Å²) in [6, 6.07) is 13.4. The zero-order valence-corrected chi connectivity index (χ0v) is 26.7. The minimum absolute atomic E-state index is 0.0318. The number of hydrogen-bond acceptors (Lipinski definition) is 5. The third-order valence-electron chi connectivity index (χ3n) is 8.96. The van der Waals surface area contributed by atoms with Crippen LogP contribution in [-0.2, 0) is 12.8 Å². The monoisotopic (exact) mass is 622 g/mol. The summed E-state index contributed by atoms with van der Waals surface area (Å²) in [4.78, 5) is 26.8. The number of aryl methyl sites for hydroxylation is 1. The Morgan fingerprint density at radius 3 is 2.33 bits per heavy atom. The largest absolute Gasteiger partial charge is 0.496 e. The fraction of sp³-hybridized carbons (Fsp3) is 0.444. The number of carbonyl (C=O) groups is 2. The van der Waals surface area contributed by atoms with E-state index in [1.54, 1.807) is 26.2 Å². The molecule has 0 heterocycles. The average Bonchev–Trinajstić information content (AvgIpc) is 3.00. The predicted molar refractivity (Wildman–Crippen MR) is 171 cm³/mol. The highest BCUT2D eigenvalue weighted by Crippen LogP contribution is 2.36. The van der Waals surface area contributed by atoms with E-state index in [2.05, 4.69) is 11.4 Å². The number of amides is 2. The highest BCUT2D eigenvalue weighted by molar-refractivity contribution is 5.97. The summed E-state index contributed by atoms with van der Waals surface area (Å²) in [5, 5.41) is 15.6. The molecule has 0 spiro atoms. The van der Waals surface area contributed by atoms with E-state index in [1.165, 1.54) is 18.2 Å². The predicted octanol–water partition coefficient (Wildman–Crippen LogP) is 5.80. The van der Waals surface area contributed by atoms with Crippen LogP contribution in [0.3, 0.4) is 0 Å². The second-order valence-electron chi connectivity index (χ2n) is 12.2. The molecule has 1 aliphatic carbocycles. The molecule has 45 heavy (non-hydrogen) atoms. The summed E-state index contributed by atoms with van der Waals surface area (Å²) in [6.07, 6.45) is 2.96. The van der Waals surface area contributed by atoms with Crippen LogP contribution in [0.25, 0.3) is 0 Å². The van der Waals surface area contributed by atoms with Gasteiger partial charge in [-0.05, 0) is 97.7 Å². The summed E-state index contributed by atoms with van der Waals surface area (Å²) < 4.78 is 34.3. The minimum Gasteiger partial charge on any atom is -0.496 e. The molecule has 1 unspecified atom stereocenters. The molecule has 0 aromatic heterocycles. The molecule has 2 amide bonds. The molecule has 0 fully saturated rings.